The standard InChI is InChI=1S/C15H18N2O3/c1-9-7-11(8-12(14(9)16)15(18)19-3)17-10(2)13-5-4-6-20-13/h4-8,10,17H,16H2,1-3H3. The predicted octanol–water partition coefficient (Wildman–Crippen LogP) is 3.13. The van der Waals surface area contributed by atoms with Crippen LogP contribution in [-0.2, 0) is 4.74 Å². The van der Waals surface area contributed by atoms with Crippen LogP contribution in [0, 0.1) is 6.92 Å². The number of nitrogens with one attached hydrogen (secondary N) is 1. The van der Waals surface area contributed by atoms with Crippen LogP contribution in [0.1, 0.15) is 34.6 Å². The molecule has 0 amide bonds. The molecule has 2 aromatic rings. The number of benzene rings is 1. The number of carbonyl (C=O) groups is 1. The van der Waals surface area contributed by atoms with E-state index < -0.39 is 5.97 Å². The highest BCUT2D eigenvalue weighted by molar-refractivity contribution is 5.97. The third kappa shape index (κ3) is 2.77. The molecule has 20 heavy (non-hydrogen) atoms. The fourth-order valence-corrected chi connectivity index (χ4v) is 2.02. The molecule has 1 heterocycles. The third-order valence-corrected chi connectivity index (χ3v) is 3.15. The zero-order valence-electron chi connectivity index (χ0n) is 11.8. The van der Waals surface area contributed by atoms with E-state index in [0.717, 1.165) is 17.0 Å². The Morgan fingerprint density at radius 3 is 2.80 bits per heavy atom. The van der Waals surface area contributed by atoms with E-state index in [-0.39, 0.29) is 6.04 Å². The summed E-state index contributed by atoms with van der Waals surface area (Å²) in [6.07, 6.45) is 1.63. The second kappa shape index (κ2) is 5.69. The average Bonchev–Trinajstić information content (AvgIpc) is 2.96. The van der Waals surface area contributed by atoms with Gasteiger partial charge in [-0.1, -0.05) is 0 Å². The molecule has 0 bridgehead atoms. The van der Waals surface area contributed by atoms with E-state index in [9.17, 15) is 4.79 Å². The maximum absolute atomic E-state index is 11.7. The summed E-state index contributed by atoms with van der Waals surface area (Å²) in [5, 5.41) is 3.27. The van der Waals surface area contributed by atoms with E-state index in [1.54, 1.807) is 12.3 Å². The molecule has 0 aliphatic carbocycles. The van der Waals surface area contributed by atoms with Crippen molar-refractivity contribution in [3.05, 3.63) is 47.4 Å². The fourth-order valence-electron chi connectivity index (χ4n) is 2.02. The van der Waals surface area contributed by atoms with Crippen LogP contribution in [0.3, 0.4) is 0 Å². The number of esters is 1. The largest absolute Gasteiger partial charge is 0.467 e. The highest BCUT2D eigenvalue weighted by Crippen LogP contribution is 2.26. The summed E-state index contributed by atoms with van der Waals surface area (Å²) < 4.78 is 10.1. The smallest absolute Gasteiger partial charge is 0.340 e. The molecule has 1 aromatic carbocycles. The lowest BCUT2D eigenvalue weighted by Crippen LogP contribution is -2.10. The molecule has 1 atom stereocenters. The van der Waals surface area contributed by atoms with Crippen molar-refractivity contribution in [3.8, 4) is 0 Å². The minimum atomic E-state index is -0.445. The Morgan fingerprint density at radius 2 is 2.20 bits per heavy atom. The number of furan rings is 1. The maximum atomic E-state index is 11.7. The number of nitrogen functional groups attached to an aromatic ring is 1. The summed E-state index contributed by atoms with van der Waals surface area (Å²) >= 11 is 0. The van der Waals surface area contributed by atoms with Crippen molar-refractivity contribution in [2.45, 2.75) is 19.9 Å². The molecule has 2 rings (SSSR count). The summed E-state index contributed by atoms with van der Waals surface area (Å²) in [5.74, 6) is 0.374. The summed E-state index contributed by atoms with van der Waals surface area (Å²) in [7, 11) is 1.34. The number of hydrogen-bond acceptors (Lipinski definition) is 5. The molecule has 5 nitrogen and oxygen atoms in total. The van der Waals surface area contributed by atoms with Crippen molar-refractivity contribution < 1.29 is 13.9 Å². The quantitative estimate of drug-likeness (QED) is 0.661. The number of aryl methyl sites for hydroxylation is 1. The minimum Gasteiger partial charge on any atom is -0.467 e. The molecule has 0 saturated heterocycles. The van der Waals surface area contributed by atoms with Gasteiger partial charge < -0.3 is 20.2 Å². The summed E-state index contributed by atoms with van der Waals surface area (Å²) in [5.41, 5.74) is 8.32. The van der Waals surface area contributed by atoms with Crippen LogP contribution >= 0.6 is 0 Å². The molecule has 1 unspecified atom stereocenters. The van der Waals surface area contributed by atoms with Gasteiger partial charge >= 0.3 is 5.97 Å². The zero-order chi connectivity index (χ0) is 14.7. The molecule has 0 radical (unpaired) electrons. The number of rotatable bonds is 4. The predicted molar refractivity (Wildman–Crippen MR) is 77.7 cm³/mol. The monoisotopic (exact) mass is 274 g/mol. The first kappa shape index (κ1) is 14.0. The molecule has 5 heteroatoms. The highest BCUT2D eigenvalue weighted by Gasteiger charge is 2.15. The molecule has 0 spiro atoms. The summed E-state index contributed by atoms with van der Waals surface area (Å²) in [6, 6.07) is 7.29. The lowest BCUT2D eigenvalue weighted by molar-refractivity contribution is 0.0602. The molecule has 0 fully saturated rings. The SMILES string of the molecule is COC(=O)c1cc(NC(C)c2ccco2)cc(C)c1N. The molecule has 106 valence electrons. The van der Waals surface area contributed by atoms with Gasteiger partial charge in [-0.2, -0.15) is 0 Å². The number of hydrogen-bond donors (Lipinski definition) is 2. The molecule has 0 aliphatic rings. The van der Waals surface area contributed by atoms with Crippen LogP contribution in [0.15, 0.2) is 34.9 Å². The van der Waals surface area contributed by atoms with Crippen LogP contribution in [0.25, 0.3) is 0 Å². The average molecular weight is 274 g/mol. The Balaban J connectivity index is 2.29. The van der Waals surface area contributed by atoms with Gasteiger partial charge in [0.25, 0.3) is 0 Å². The van der Waals surface area contributed by atoms with Crippen LogP contribution in [0.2, 0.25) is 0 Å². The van der Waals surface area contributed by atoms with Crippen molar-refractivity contribution in [2.24, 2.45) is 0 Å². The van der Waals surface area contributed by atoms with Gasteiger partial charge in [0, 0.05) is 11.4 Å². The maximum Gasteiger partial charge on any atom is 0.340 e. The Morgan fingerprint density at radius 1 is 1.45 bits per heavy atom. The first-order valence-electron chi connectivity index (χ1n) is 6.31. The van der Waals surface area contributed by atoms with Gasteiger partial charge in [-0.3, -0.25) is 0 Å². The number of methoxy groups -OCH3 is 1. The van der Waals surface area contributed by atoms with E-state index in [0.29, 0.717) is 11.3 Å². The van der Waals surface area contributed by atoms with E-state index in [2.05, 4.69) is 5.32 Å². The minimum absolute atomic E-state index is 0.0153. The van der Waals surface area contributed by atoms with Crippen LogP contribution in [0.5, 0.6) is 0 Å². The number of carbonyl (C=O) groups excluding carboxylic acids is 1. The Hall–Kier alpha value is -2.43. The number of nitrogens with two attached hydrogens (primary N) is 1. The van der Waals surface area contributed by atoms with E-state index in [1.165, 1.54) is 7.11 Å². The van der Waals surface area contributed by atoms with Gasteiger partial charge in [-0.15, -0.1) is 0 Å². The summed E-state index contributed by atoms with van der Waals surface area (Å²) in [4.78, 5) is 11.7. The Kier molecular flexibility index (Phi) is 3.98. The topological polar surface area (TPSA) is 77.5 Å². The molecule has 1 aromatic heterocycles. The van der Waals surface area contributed by atoms with Gasteiger partial charge in [0.05, 0.1) is 25.0 Å². The van der Waals surface area contributed by atoms with Crippen LogP contribution in [-0.4, -0.2) is 13.1 Å². The second-order valence-corrected chi connectivity index (χ2v) is 4.63. The van der Waals surface area contributed by atoms with Crippen LogP contribution in [0.4, 0.5) is 11.4 Å². The first-order chi connectivity index (χ1) is 9.52. The molecule has 0 saturated carbocycles. The normalized spacial score (nSPS) is 11.9. The first-order valence-corrected chi connectivity index (χ1v) is 6.31. The summed E-state index contributed by atoms with van der Waals surface area (Å²) in [6.45, 7) is 3.83. The van der Waals surface area contributed by atoms with Crippen molar-refractivity contribution >= 4 is 17.3 Å². The molecule has 3 N–H and O–H groups in total. The highest BCUT2D eigenvalue weighted by atomic mass is 16.5. The number of ether oxygens (including phenoxy) is 1. The molecular weight excluding hydrogens is 256 g/mol. The molecule has 0 aliphatic heterocycles. The second-order valence-electron chi connectivity index (χ2n) is 4.63. The lowest BCUT2D eigenvalue weighted by Gasteiger charge is -2.16. The van der Waals surface area contributed by atoms with Gasteiger partial charge in [0.15, 0.2) is 0 Å². The van der Waals surface area contributed by atoms with E-state index >= 15 is 0 Å². The lowest BCUT2D eigenvalue weighted by atomic mass is 10.1. The van der Waals surface area contributed by atoms with Gasteiger partial charge in [-0.25, -0.2) is 4.79 Å². The zero-order valence-corrected chi connectivity index (χ0v) is 11.8. The Bertz CT molecular complexity index is 606. The van der Waals surface area contributed by atoms with Crippen molar-refractivity contribution in [1.82, 2.24) is 0 Å². The third-order valence-electron chi connectivity index (χ3n) is 3.15. The van der Waals surface area contributed by atoms with Gasteiger partial charge in [0.1, 0.15) is 5.76 Å². The molecular formula is C15H18N2O3. The fraction of sp³-hybridized carbons (Fsp3) is 0.267. The van der Waals surface area contributed by atoms with Crippen LogP contribution < -0.4 is 11.1 Å². The Labute approximate surface area is 117 Å². The van der Waals surface area contributed by atoms with Gasteiger partial charge in [-0.05, 0) is 43.7 Å². The van der Waals surface area contributed by atoms with E-state index in [1.807, 2.05) is 32.0 Å². The van der Waals surface area contributed by atoms with Crippen molar-refractivity contribution in [2.75, 3.05) is 18.2 Å². The van der Waals surface area contributed by atoms with Crippen molar-refractivity contribution in [3.63, 3.8) is 0 Å². The van der Waals surface area contributed by atoms with E-state index in [4.69, 9.17) is 14.9 Å². The van der Waals surface area contributed by atoms with Crippen molar-refractivity contribution in [1.29, 1.82) is 0 Å². The van der Waals surface area contributed by atoms with Gasteiger partial charge in [0.2, 0.25) is 0 Å². The number of anilines is 2.